The van der Waals surface area contributed by atoms with Crippen molar-refractivity contribution in [2.45, 2.75) is 0 Å². The summed E-state index contributed by atoms with van der Waals surface area (Å²) in [4.78, 5) is 3.29. The van der Waals surface area contributed by atoms with Crippen molar-refractivity contribution in [2.24, 2.45) is 0 Å². The van der Waals surface area contributed by atoms with Crippen molar-refractivity contribution in [2.75, 3.05) is 7.11 Å². The highest BCUT2D eigenvalue weighted by Gasteiger charge is 2.08. The lowest BCUT2D eigenvalue weighted by molar-refractivity contribution is 0.415. The Balaban J connectivity index is 2.18. The Morgan fingerprint density at radius 1 is 1.06 bits per heavy atom. The van der Waals surface area contributed by atoms with E-state index in [1.165, 1.54) is 16.5 Å². The largest absolute Gasteiger partial charge is 0.497 e. The zero-order valence-corrected chi connectivity index (χ0v) is 11.5. The van der Waals surface area contributed by atoms with Crippen LogP contribution in [-0.4, -0.2) is 12.1 Å². The number of aromatic nitrogens is 1. The molecule has 1 heterocycles. The first-order valence-electron chi connectivity index (χ1n) is 5.69. The van der Waals surface area contributed by atoms with Crippen LogP contribution in [0.3, 0.4) is 0 Å². The Morgan fingerprint density at radius 2 is 1.83 bits per heavy atom. The Kier molecular flexibility index (Phi) is 2.84. The Morgan fingerprint density at radius 3 is 2.56 bits per heavy atom. The van der Waals surface area contributed by atoms with Crippen LogP contribution in [-0.2, 0) is 0 Å². The smallest absolute Gasteiger partial charge is 0.118 e. The molecule has 3 aromatic rings. The molecule has 0 saturated carbocycles. The van der Waals surface area contributed by atoms with Gasteiger partial charge in [-0.25, -0.2) is 0 Å². The molecule has 3 rings (SSSR count). The summed E-state index contributed by atoms with van der Waals surface area (Å²) >= 11 is 3.61. The van der Waals surface area contributed by atoms with Gasteiger partial charge in [0.25, 0.3) is 0 Å². The molecule has 3 heteroatoms. The van der Waals surface area contributed by atoms with Gasteiger partial charge in [0.2, 0.25) is 0 Å². The predicted octanol–water partition coefficient (Wildman–Crippen LogP) is 4.61. The van der Waals surface area contributed by atoms with E-state index in [9.17, 15) is 0 Å². The normalized spacial score (nSPS) is 10.8. The number of H-pyrrole nitrogens is 1. The maximum atomic E-state index is 5.18. The number of methoxy groups -OCH3 is 1. The molecule has 0 spiro atoms. The van der Waals surface area contributed by atoms with Crippen LogP contribution < -0.4 is 4.74 Å². The van der Waals surface area contributed by atoms with E-state index >= 15 is 0 Å². The number of nitrogens with one attached hydrogen (secondary N) is 1. The van der Waals surface area contributed by atoms with Gasteiger partial charge >= 0.3 is 0 Å². The summed E-state index contributed by atoms with van der Waals surface area (Å²) in [7, 11) is 1.68. The van der Waals surface area contributed by atoms with E-state index in [4.69, 9.17) is 4.74 Å². The van der Waals surface area contributed by atoms with E-state index < -0.39 is 0 Å². The van der Waals surface area contributed by atoms with Crippen LogP contribution in [0.15, 0.2) is 53.1 Å². The average Bonchev–Trinajstić information content (AvgIpc) is 2.84. The lowest BCUT2D eigenvalue weighted by atomic mass is 10.0. The topological polar surface area (TPSA) is 25.0 Å². The highest BCUT2D eigenvalue weighted by atomic mass is 79.9. The van der Waals surface area contributed by atoms with Crippen molar-refractivity contribution in [1.82, 2.24) is 4.98 Å². The molecule has 2 aromatic carbocycles. The maximum absolute atomic E-state index is 5.18. The minimum absolute atomic E-state index is 0.873. The third-order valence-electron chi connectivity index (χ3n) is 3.06. The van der Waals surface area contributed by atoms with Gasteiger partial charge < -0.3 is 9.72 Å². The Labute approximate surface area is 114 Å². The fourth-order valence-corrected chi connectivity index (χ4v) is 2.72. The van der Waals surface area contributed by atoms with Crippen LogP contribution >= 0.6 is 15.9 Å². The van der Waals surface area contributed by atoms with Crippen molar-refractivity contribution in [3.05, 3.63) is 53.1 Å². The molecule has 1 N–H and O–H groups in total. The number of hydrogen-bond acceptors (Lipinski definition) is 1. The molecular weight excluding hydrogens is 290 g/mol. The number of halogens is 1. The van der Waals surface area contributed by atoms with Gasteiger partial charge in [-0.1, -0.05) is 34.1 Å². The molecule has 0 radical (unpaired) electrons. The first-order chi connectivity index (χ1) is 8.79. The third-order valence-corrected chi connectivity index (χ3v) is 3.72. The van der Waals surface area contributed by atoms with Gasteiger partial charge in [-0.2, -0.15) is 0 Å². The quantitative estimate of drug-likeness (QED) is 0.735. The van der Waals surface area contributed by atoms with E-state index in [1.54, 1.807) is 7.11 Å². The number of hydrogen-bond donors (Lipinski definition) is 1. The first kappa shape index (κ1) is 11.4. The second-order valence-electron chi connectivity index (χ2n) is 4.09. The van der Waals surface area contributed by atoms with Crippen molar-refractivity contribution in [1.29, 1.82) is 0 Å². The standard InChI is InChI=1S/C15H12BrNO/c1-18-11-7-5-10(6-8-11)12-9-17-14-4-2-3-13(16)15(12)14/h2-9,17H,1H3. The summed E-state index contributed by atoms with van der Waals surface area (Å²) in [5, 5.41) is 1.21. The molecule has 0 aliphatic heterocycles. The summed E-state index contributed by atoms with van der Waals surface area (Å²) in [5.41, 5.74) is 3.50. The molecule has 0 bridgehead atoms. The summed E-state index contributed by atoms with van der Waals surface area (Å²) in [6.45, 7) is 0. The molecule has 1 aromatic heterocycles. The molecule has 0 unspecified atom stereocenters. The minimum atomic E-state index is 0.873. The average molecular weight is 302 g/mol. The van der Waals surface area contributed by atoms with Crippen LogP contribution in [0.2, 0.25) is 0 Å². The van der Waals surface area contributed by atoms with Crippen molar-refractivity contribution < 1.29 is 4.74 Å². The van der Waals surface area contributed by atoms with Crippen molar-refractivity contribution >= 4 is 26.8 Å². The van der Waals surface area contributed by atoms with E-state index in [0.29, 0.717) is 0 Å². The van der Waals surface area contributed by atoms with E-state index in [-0.39, 0.29) is 0 Å². The second-order valence-corrected chi connectivity index (χ2v) is 4.95. The Hall–Kier alpha value is -1.74. The fraction of sp³-hybridized carbons (Fsp3) is 0.0667. The van der Waals surface area contributed by atoms with E-state index in [0.717, 1.165) is 15.7 Å². The molecule has 0 atom stereocenters. The molecule has 0 fully saturated rings. The third kappa shape index (κ3) is 1.81. The van der Waals surface area contributed by atoms with Crippen LogP contribution in [0.25, 0.3) is 22.0 Å². The zero-order valence-electron chi connectivity index (χ0n) is 9.91. The van der Waals surface area contributed by atoms with Crippen LogP contribution in [0.4, 0.5) is 0 Å². The molecule has 0 saturated heterocycles. The predicted molar refractivity (Wildman–Crippen MR) is 78.0 cm³/mol. The molecule has 0 aliphatic carbocycles. The van der Waals surface area contributed by atoms with Gasteiger partial charge in [-0.3, -0.25) is 0 Å². The van der Waals surface area contributed by atoms with Crippen LogP contribution in [0.5, 0.6) is 5.75 Å². The molecule has 2 nitrogen and oxygen atoms in total. The number of fused-ring (bicyclic) bond motifs is 1. The van der Waals surface area contributed by atoms with Gasteiger partial charge in [-0.05, 0) is 29.8 Å². The van der Waals surface area contributed by atoms with Crippen molar-refractivity contribution in [3.8, 4) is 16.9 Å². The second kappa shape index (κ2) is 4.50. The number of benzene rings is 2. The van der Waals surface area contributed by atoms with Gasteiger partial charge in [0.1, 0.15) is 5.75 Å². The molecular formula is C15H12BrNO. The summed E-state index contributed by atoms with van der Waals surface area (Å²) < 4.78 is 6.28. The molecule has 18 heavy (non-hydrogen) atoms. The SMILES string of the molecule is COc1ccc(-c2c[nH]c3cccc(Br)c23)cc1. The number of aromatic amines is 1. The minimum Gasteiger partial charge on any atom is -0.497 e. The lowest BCUT2D eigenvalue weighted by Crippen LogP contribution is -1.82. The first-order valence-corrected chi connectivity index (χ1v) is 6.49. The monoisotopic (exact) mass is 301 g/mol. The van der Waals surface area contributed by atoms with Gasteiger partial charge in [0.15, 0.2) is 0 Å². The van der Waals surface area contributed by atoms with E-state index in [1.807, 2.05) is 24.4 Å². The fourth-order valence-electron chi connectivity index (χ4n) is 2.14. The van der Waals surface area contributed by atoms with Crippen molar-refractivity contribution in [3.63, 3.8) is 0 Å². The summed E-state index contributed by atoms with van der Waals surface area (Å²) in [6.07, 6.45) is 2.04. The zero-order chi connectivity index (χ0) is 12.5. The number of rotatable bonds is 2. The van der Waals surface area contributed by atoms with Gasteiger partial charge in [-0.15, -0.1) is 0 Å². The Bertz CT molecular complexity index is 685. The van der Waals surface area contributed by atoms with Gasteiger partial charge in [0, 0.05) is 27.1 Å². The van der Waals surface area contributed by atoms with Gasteiger partial charge in [0.05, 0.1) is 7.11 Å². The maximum Gasteiger partial charge on any atom is 0.118 e. The molecule has 90 valence electrons. The van der Waals surface area contributed by atoms with Crippen LogP contribution in [0.1, 0.15) is 0 Å². The summed E-state index contributed by atoms with van der Waals surface area (Å²) in [6, 6.07) is 14.3. The highest BCUT2D eigenvalue weighted by molar-refractivity contribution is 9.10. The number of ether oxygens (including phenoxy) is 1. The highest BCUT2D eigenvalue weighted by Crippen LogP contribution is 2.34. The summed E-state index contributed by atoms with van der Waals surface area (Å²) in [5.74, 6) is 0.873. The molecule has 0 amide bonds. The molecule has 0 aliphatic rings. The van der Waals surface area contributed by atoms with Crippen LogP contribution in [0, 0.1) is 0 Å². The van der Waals surface area contributed by atoms with E-state index in [2.05, 4.69) is 45.2 Å². The lowest BCUT2D eigenvalue weighted by Gasteiger charge is -2.03.